The lowest BCUT2D eigenvalue weighted by molar-refractivity contribution is -0.118. The number of hydrogen-bond donors (Lipinski definition) is 2. The van der Waals surface area contributed by atoms with Gasteiger partial charge in [0.25, 0.3) is 0 Å². The van der Waals surface area contributed by atoms with Crippen LogP contribution in [-0.4, -0.2) is 41.0 Å². The molecule has 0 saturated carbocycles. The molecule has 1 aliphatic heterocycles. The monoisotopic (exact) mass is 311 g/mol. The highest BCUT2D eigenvalue weighted by Gasteiger charge is 2.24. The van der Waals surface area contributed by atoms with Gasteiger partial charge in [0, 0.05) is 19.5 Å². The molecule has 0 aliphatic carbocycles. The lowest BCUT2D eigenvalue weighted by Gasteiger charge is -2.24. The van der Waals surface area contributed by atoms with Crippen LogP contribution in [0.4, 0.5) is 5.00 Å². The van der Waals surface area contributed by atoms with Gasteiger partial charge in [-0.15, -0.1) is 0 Å². The van der Waals surface area contributed by atoms with E-state index in [1.54, 1.807) is 14.0 Å². The van der Waals surface area contributed by atoms with Crippen LogP contribution < -0.4 is 10.2 Å². The Hall–Kier alpha value is -1.47. The van der Waals surface area contributed by atoms with Crippen molar-refractivity contribution in [3.63, 3.8) is 0 Å². The van der Waals surface area contributed by atoms with E-state index in [9.17, 15) is 14.7 Å². The van der Waals surface area contributed by atoms with Crippen LogP contribution in [-0.2, 0) is 4.79 Å². The van der Waals surface area contributed by atoms with Gasteiger partial charge >= 0.3 is 5.97 Å². The zero-order valence-corrected chi connectivity index (χ0v) is 13.2. The zero-order valence-electron chi connectivity index (χ0n) is 12.4. The molecule has 1 fully saturated rings. The quantitative estimate of drug-likeness (QED) is 0.869. The molecule has 2 heterocycles. The van der Waals surface area contributed by atoms with Gasteiger partial charge in [-0.1, -0.05) is 6.42 Å². The second-order valence-corrected chi connectivity index (χ2v) is 6.14. The van der Waals surface area contributed by atoms with Crippen molar-refractivity contribution in [3.05, 3.63) is 11.3 Å². The van der Waals surface area contributed by atoms with Gasteiger partial charge in [0.2, 0.25) is 5.91 Å². The number of aromatic carboxylic acids is 1. The molecule has 1 atom stereocenters. The average molecular weight is 311 g/mol. The number of amides is 1. The molecule has 1 unspecified atom stereocenters. The van der Waals surface area contributed by atoms with Gasteiger partial charge in [0.15, 0.2) is 0 Å². The molecule has 1 aromatic heterocycles. The van der Waals surface area contributed by atoms with Crippen LogP contribution in [0.3, 0.4) is 0 Å². The third kappa shape index (κ3) is 3.79. The number of carboxylic acid groups (broad SMARTS) is 1. The minimum atomic E-state index is -1.04. The Labute approximate surface area is 128 Å². The van der Waals surface area contributed by atoms with Crippen molar-refractivity contribution in [1.82, 2.24) is 9.69 Å². The Morgan fingerprint density at radius 3 is 2.86 bits per heavy atom. The maximum atomic E-state index is 12.3. The van der Waals surface area contributed by atoms with Crippen molar-refractivity contribution in [3.8, 4) is 0 Å². The topological polar surface area (TPSA) is 82.5 Å². The van der Waals surface area contributed by atoms with Crippen LogP contribution in [0.1, 0.15) is 48.2 Å². The highest BCUT2D eigenvalue weighted by Crippen LogP contribution is 2.28. The van der Waals surface area contributed by atoms with Gasteiger partial charge in [-0.2, -0.15) is 4.37 Å². The Balaban J connectivity index is 1.97. The Morgan fingerprint density at radius 2 is 2.24 bits per heavy atom. The smallest absolute Gasteiger partial charge is 0.340 e. The number of anilines is 1. The second-order valence-electron chi connectivity index (χ2n) is 5.39. The summed E-state index contributed by atoms with van der Waals surface area (Å²) in [6, 6.07) is 0.401. The maximum Gasteiger partial charge on any atom is 0.340 e. The molecule has 2 N–H and O–H groups in total. The molecule has 2 rings (SSSR count). The Morgan fingerprint density at radius 1 is 1.48 bits per heavy atom. The summed E-state index contributed by atoms with van der Waals surface area (Å²) in [6.07, 6.45) is 4.73. The fourth-order valence-electron chi connectivity index (χ4n) is 2.58. The number of piperidine rings is 1. The van der Waals surface area contributed by atoms with Crippen LogP contribution in [0, 0.1) is 6.92 Å². The summed E-state index contributed by atoms with van der Waals surface area (Å²) < 4.78 is 4.05. The van der Waals surface area contributed by atoms with Gasteiger partial charge in [0.1, 0.15) is 10.6 Å². The third-order valence-electron chi connectivity index (χ3n) is 3.86. The van der Waals surface area contributed by atoms with Crippen LogP contribution in [0.15, 0.2) is 0 Å². The molecule has 0 bridgehead atoms. The van der Waals surface area contributed by atoms with Crippen LogP contribution in [0.5, 0.6) is 0 Å². The molecule has 116 valence electrons. The van der Waals surface area contributed by atoms with E-state index in [-0.39, 0.29) is 11.5 Å². The molecule has 1 amide bonds. The van der Waals surface area contributed by atoms with Crippen molar-refractivity contribution in [2.24, 2.45) is 0 Å². The molecule has 7 heteroatoms. The number of hydrogen-bond acceptors (Lipinski definition) is 5. The summed E-state index contributed by atoms with van der Waals surface area (Å²) in [5, 5.41) is 13.0. The van der Waals surface area contributed by atoms with Gasteiger partial charge in [-0.3, -0.25) is 4.79 Å². The lowest BCUT2D eigenvalue weighted by atomic mass is 10.0. The number of carboxylic acids is 1. The molecular weight excluding hydrogens is 290 g/mol. The molecule has 0 aromatic carbocycles. The van der Waals surface area contributed by atoms with Crippen molar-refractivity contribution in [1.29, 1.82) is 0 Å². The largest absolute Gasteiger partial charge is 0.478 e. The summed E-state index contributed by atoms with van der Waals surface area (Å²) in [6.45, 7) is 2.67. The fraction of sp³-hybridized carbons (Fsp3) is 0.643. The van der Waals surface area contributed by atoms with E-state index < -0.39 is 5.97 Å². The number of nitrogens with one attached hydrogen (secondary N) is 1. The maximum absolute atomic E-state index is 12.3. The molecule has 1 aliphatic rings. The van der Waals surface area contributed by atoms with Gasteiger partial charge in [0.05, 0.1) is 5.69 Å². The van der Waals surface area contributed by atoms with E-state index in [1.165, 1.54) is 17.7 Å². The Kier molecular flexibility index (Phi) is 5.30. The zero-order chi connectivity index (χ0) is 15.4. The number of rotatable bonds is 5. The van der Waals surface area contributed by atoms with E-state index >= 15 is 0 Å². The first-order valence-corrected chi connectivity index (χ1v) is 7.97. The SMILES string of the molecule is Cc1nsc(N(C)C(=O)CCC2CCCCN2)c1C(=O)O. The predicted octanol–water partition coefficient (Wildman–Crippen LogP) is 2.03. The second kappa shape index (κ2) is 7.00. The number of nitrogens with zero attached hydrogens (tertiary/aromatic N) is 2. The molecular formula is C14H21N3O3S. The number of aryl methyl sites for hydroxylation is 1. The first-order chi connectivity index (χ1) is 10.0. The summed E-state index contributed by atoms with van der Waals surface area (Å²) in [7, 11) is 1.62. The van der Waals surface area contributed by atoms with Crippen molar-refractivity contribution >= 4 is 28.4 Å². The predicted molar refractivity (Wildman–Crippen MR) is 82.1 cm³/mol. The lowest BCUT2D eigenvalue weighted by Crippen LogP contribution is -2.35. The third-order valence-corrected chi connectivity index (χ3v) is 4.87. The summed E-state index contributed by atoms with van der Waals surface area (Å²) >= 11 is 1.06. The van der Waals surface area contributed by atoms with E-state index in [0.29, 0.717) is 23.2 Å². The van der Waals surface area contributed by atoms with Gasteiger partial charge in [-0.05, 0) is 44.3 Å². The summed E-state index contributed by atoms with van der Waals surface area (Å²) in [5.41, 5.74) is 0.586. The molecule has 1 saturated heterocycles. The highest BCUT2D eigenvalue weighted by atomic mass is 32.1. The van der Waals surface area contributed by atoms with Crippen LogP contribution in [0.2, 0.25) is 0 Å². The van der Waals surface area contributed by atoms with E-state index in [1.807, 2.05) is 0 Å². The van der Waals surface area contributed by atoms with Crippen molar-refractivity contribution in [2.45, 2.75) is 45.1 Å². The van der Waals surface area contributed by atoms with E-state index in [4.69, 9.17) is 0 Å². The van der Waals surface area contributed by atoms with E-state index in [0.717, 1.165) is 30.9 Å². The first kappa shape index (κ1) is 15.9. The highest BCUT2D eigenvalue weighted by molar-refractivity contribution is 7.11. The van der Waals surface area contributed by atoms with Gasteiger partial charge < -0.3 is 15.3 Å². The molecule has 0 spiro atoms. The summed E-state index contributed by atoms with van der Waals surface area (Å²) in [4.78, 5) is 24.9. The van der Waals surface area contributed by atoms with Crippen molar-refractivity contribution < 1.29 is 14.7 Å². The molecule has 6 nitrogen and oxygen atoms in total. The number of aromatic nitrogens is 1. The van der Waals surface area contributed by atoms with Crippen LogP contribution in [0.25, 0.3) is 0 Å². The molecule has 21 heavy (non-hydrogen) atoms. The average Bonchev–Trinajstić information content (AvgIpc) is 2.87. The minimum absolute atomic E-state index is 0.0616. The van der Waals surface area contributed by atoms with Crippen molar-refractivity contribution in [2.75, 3.05) is 18.5 Å². The minimum Gasteiger partial charge on any atom is -0.478 e. The van der Waals surface area contributed by atoms with Gasteiger partial charge in [-0.25, -0.2) is 4.79 Å². The molecule has 1 aromatic rings. The molecule has 0 radical (unpaired) electrons. The summed E-state index contributed by atoms with van der Waals surface area (Å²) in [5.74, 6) is -1.10. The van der Waals surface area contributed by atoms with E-state index in [2.05, 4.69) is 9.69 Å². The van der Waals surface area contributed by atoms with Crippen LogP contribution >= 0.6 is 11.5 Å². The first-order valence-electron chi connectivity index (χ1n) is 7.20. The number of carbonyl (C=O) groups excluding carboxylic acids is 1. The Bertz CT molecular complexity index is 524. The standard InChI is InChI=1S/C14H21N3O3S/c1-9-12(14(19)20)13(21-16-9)17(2)11(18)7-6-10-5-3-4-8-15-10/h10,15H,3-8H2,1-2H3,(H,19,20). The fourth-order valence-corrected chi connectivity index (χ4v) is 3.45. The number of carbonyl (C=O) groups is 2. The normalized spacial score (nSPS) is 18.5.